The molecule has 0 fully saturated rings. The van der Waals surface area contributed by atoms with E-state index in [-0.39, 0.29) is 18.2 Å². The number of hydrogen-bond donors (Lipinski definition) is 1. The molecule has 0 saturated heterocycles. The van der Waals surface area contributed by atoms with E-state index in [4.69, 9.17) is 9.47 Å². The number of para-hydroxylation sites is 1. The molecule has 21 heavy (non-hydrogen) atoms. The van der Waals surface area contributed by atoms with E-state index >= 15 is 0 Å². The maximum Gasteiger partial charge on any atom is 0.171 e. The van der Waals surface area contributed by atoms with Gasteiger partial charge in [-0.05, 0) is 18.7 Å². The lowest BCUT2D eigenvalue weighted by Crippen LogP contribution is -2.13. The zero-order chi connectivity index (χ0) is 15.1. The van der Waals surface area contributed by atoms with Gasteiger partial charge in [-0.15, -0.1) is 0 Å². The summed E-state index contributed by atoms with van der Waals surface area (Å²) in [6, 6.07) is 12.8. The number of ether oxygens (including phenoxy) is 2. The van der Waals surface area contributed by atoms with E-state index in [1.165, 1.54) is 7.11 Å². The van der Waals surface area contributed by atoms with Crippen LogP contribution in [0.25, 0.3) is 0 Å². The Kier molecular flexibility index (Phi) is 5.58. The van der Waals surface area contributed by atoms with Crippen molar-refractivity contribution in [2.45, 2.75) is 20.1 Å². The number of methoxy groups -OCH3 is 1. The van der Waals surface area contributed by atoms with Crippen molar-refractivity contribution in [3.63, 3.8) is 0 Å². The molecule has 0 spiro atoms. The van der Waals surface area contributed by atoms with Gasteiger partial charge in [0.2, 0.25) is 0 Å². The van der Waals surface area contributed by atoms with Crippen LogP contribution in [0.4, 0.5) is 4.39 Å². The smallest absolute Gasteiger partial charge is 0.171 e. The van der Waals surface area contributed by atoms with Gasteiger partial charge in [-0.2, -0.15) is 0 Å². The summed E-state index contributed by atoms with van der Waals surface area (Å²) < 4.78 is 24.8. The van der Waals surface area contributed by atoms with Gasteiger partial charge < -0.3 is 14.8 Å². The summed E-state index contributed by atoms with van der Waals surface area (Å²) in [5, 5.41) is 3.26. The Balaban J connectivity index is 2.10. The second kappa shape index (κ2) is 7.64. The van der Waals surface area contributed by atoms with Gasteiger partial charge in [0, 0.05) is 17.7 Å². The van der Waals surface area contributed by atoms with Crippen LogP contribution in [-0.2, 0) is 13.2 Å². The van der Waals surface area contributed by atoms with Crippen molar-refractivity contribution in [1.82, 2.24) is 5.32 Å². The van der Waals surface area contributed by atoms with Gasteiger partial charge in [-0.1, -0.05) is 37.3 Å². The maximum absolute atomic E-state index is 14.1. The largest absolute Gasteiger partial charge is 0.494 e. The normalized spacial score (nSPS) is 10.4. The average molecular weight is 289 g/mol. The fourth-order valence-corrected chi connectivity index (χ4v) is 2.03. The first-order chi connectivity index (χ1) is 10.3. The molecule has 0 bridgehead atoms. The Bertz CT molecular complexity index is 587. The van der Waals surface area contributed by atoms with Crippen molar-refractivity contribution in [2.75, 3.05) is 13.7 Å². The monoisotopic (exact) mass is 289 g/mol. The van der Waals surface area contributed by atoms with Gasteiger partial charge in [0.1, 0.15) is 12.4 Å². The summed E-state index contributed by atoms with van der Waals surface area (Å²) in [6.07, 6.45) is 0. The van der Waals surface area contributed by atoms with Crippen LogP contribution >= 0.6 is 0 Å². The van der Waals surface area contributed by atoms with Crippen molar-refractivity contribution in [1.29, 1.82) is 0 Å². The molecule has 1 N–H and O–H groups in total. The molecule has 0 radical (unpaired) electrons. The molecule has 0 aliphatic heterocycles. The summed E-state index contributed by atoms with van der Waals surface area (Å²) in [6.45, 7) is 3.84. The third-order valence-corrected chi connectivity index (χ3v) is 3.18. The van der Waals surface area contributed by atoms with Crippen LogP contribution < -0.4 is 14.8 Å². The Morgan fingerprint density at radius 3 is 2.48 bits per heavy atom. The summed E-state index contributed by atoms with van der Waals surface area (Å²) in [5.41, 5.74) is 1.54. The predicted molar refractivity (Wildman–Crippen MR) is 81.1 cm³/mol. The molecular weight excluding hydrogens is 269 g/mol. The highest BCUT2D eigenvalue weighted by Gasteiger charge is 2.10. The molecule has 0 aliphatic rings. The predicted octanol–water partition coefficient (Wildman–Crippen LogP) is 3.52. The third-order valence-electron chi connectivity index (χ3n) is 3.18. The molecular formula is C17H20FNO2. The van der Waals surface area contributed by atoms with Crippen LogP contribution in [0.1, 0.15) is 18.1 Å². The lowest BCUT2D eigenvalue weighted by Gasteiger charge is -2.13. The van der Waals surface area contributed by atoms with E-state index in [2.05, 4.69) is 12.2 Å². The van der Waals surface area contributed by atoms with Crippen molar-refractivity contribution in [3.8, 4) is 11.5 Å². The van der Waals surface area contributed by atoms with Crippen LogP contribution in [0, 0.1) is 5.82 Å². The van der Waals surface area contributed by atoms with Crippen LogP contribution in [-0.4, -0.2) is 13.7 Å². The number of rotatable bonds is 7. The van der Waals surface area contributed by atoms with Crippen LogP contribution in [0.3, 0.4) is 0 Å². The minimum atomic E-state index is -0.371. The van der Waals surface area contributed by atoms with E-state index in [0.29, 0.717) is 5.56 Å². The molecule has 0 aliphatic carbocycles. The number of nitrogens with one attached hydrogen (secondary N) is 1. The van der Waals surface area contributed by atoms with Crippen molar-refractivity contribution in [3.05, 3.63) is 59.4 Å². The highest BCUT2D eigenvalue weighted by Crippen LogP contribution is 2.23. The van der Waals surface area contributed by atoms with Crippen LogP contribution in [0.15, 0.2) is 42.5 Å². The Morgan fingerprint density at radius 1 is 1.00 bits per heavy atom. The number of hydrogen-bond acceptors (Lipinski definition) is 3. The summed E-state index contributed by atoms with van der Waals surface area (Å²) in [5.74, 6) is 0.627. The molecule has 4 heteroatoms. The van der Waals surface area contributed by atoms with Gasteiger partial charge in [0.15, 0.2) is 11.6 Å². The van der Waals surface area contributed by atoms with Crippen molar-refractivity contribution >= 4 is 0 Å². The zero-order valence-corrected chi connectivity index (χ0v) is 12.4. The fourth-order valence-electron chi connectivity index (χ4n) is 2.03. The van der Waals surface area contributed by atoms with E-state index < -0.39 is 0 Å². The quantitative estimate of drug-likeness (QED) is 0.846. The summed E-state index contributed by atoms with van der Waals surface area (Å²) in [7, 11) is 1.45. The molecule has 0 amide bonds. The molecule has 2 rings (SSSR count). The van der Waals surface area contributed by atoms with E-state index in [1.54, 1.807) is 18.2 Å². The minimum absolute atomic E-state index is 0.173. The van der Waals surface area contributed by atoms with E-state index in [1.807, 2.05) is 24.3 Å². The van der Waals surface area contributed by atoms with Gasteiger partial charge in [-0.3, -0.25) is 0 Å². The molecule has 2 aromatic carbocycles. The third kappa shape index (κ3) is 3.95. The number of halogens is 1. The molecule has 2 aromatic rings. The molecule has 3 nitrogen and oxygen atoms in total. The standard InChI is InChI=1S/C17H20FNO2/c1-3-19-11-13-7-4-5-9-15(13)21-12-14-8-6-10-16(20-2)17(14)18/h4-10,19H,3,11-12H2,1-2H3. The fraction of sp³-hybridized carbons (Fsp3) is 0.294. The highest BCUT2D eigenvalue weighted by atomic mass is 19.1. The first-order valence-corrected chi connectivity index (χ1v) is 6.99. The van der Waals surface area contributed by atoms with Crippen molar-refractivity contribution < 1.29 is 13.9 Å². The Morgan fingerprint density at radius 2 is 1.71 bits per heavy atom. The molecule has 0 heterocycles. The van der Waals surface area contributed by atoms with Gasteiger partial charge in [0.25, 0.3) is 0 Å². The lowest BCUT2D eigenvalue weighted by atomic mass is 10.2. The summed E-state index contributed by atoms with van der Waals surface area (Å²) in [4.78, 5) is 0. The Labute approximate surface area is 124 Å². The SMILES string of the molecule is CCNCc1ccccc1OCc1cccc(OC)c1F. The molecule has 0 aromatic heterocycles. The molecule has 0 unspecified atom stereocenters. The van der Waals surface area contributed by atoms with Gasteiger partial charge in [-0.25, -0.2) is 4.39 Å². The number of benzene rings is 2. The molecule has 112 valence electrons. The second-order valence-corrected chi connectivity index (χ2v) is 4.61. The molecule has 0 atom stereocenters. The average Bonchev–Trinajstić information content (AvgIpc) is 2.52. The second-order valence-electron chi connectivity index (χ2n) is 4.61. The van der Waals surface area contributed by atoms with E-state index in [0.717, 1.165) is 24.4 Å². The lowest BCUT2D eigenvalue weighted by molar-refractivity contribution is 0.292. The van der Waals surface area contributed by atoms with E-state index in [9.17, 15) is 4.39 Å². The summed E-state index contributed by atoms with van der Waals surface area (Å²) >= 11 is 0. The van der Waals surface area contributed by atoms with Crippen LogP contribution in [0.5, 0.6) is 11.5 Å². The van der Waals surface area contributed by atoms with Crippen LogP contribution in [0.2, 0.25) is 0 Å². The Hall–Kier alpha value is -2.07. The topological polar surface area (TPSA) is 30.5 Å². The zero-order valence-electron chi connectivity index (χ0n) is 12.4. The first-order valence-electron chi connectivity index (χ1n) is 6.99. The first kappa shape index (κ1) is 15.3. The molecule has 0 saturated carbocycles. The minimum Gasteiger partial charge on any atom is -0.494 e. The van der Waals surface area contributed by atoms with Gasteiger partial charge in [0.05, 0.1) is 7.11 Å². The highest BCUT2D eigenvalue weighted by molar-refractivity contribution is 5.35. The van der Waals surface area contributed by atoms with Gasteiger partial charge >= 0.3 is 0 Å². The maximum atomic E-state index is 14.1. The van der Waals surface area contributed by atoms with Crippen molar-refractivity contribution in [2.24, 2.45) is 0 Å².